The number of sulfonamides is 2. The van der Waals surface area contributed by atoms with Crippen LogP contribution in [0.3, 0.4) is 0 Å². The van der Waals surface area contributed by atoms with E-state index < -0.39 is 32.5 Å². The maximum absolute atomic E-state index is 13.7. The quantitative estimate of drug-likeness (QED) is 0.475. The zero-order chi connectivity index (χ0) is 26.5. The van der Waals surface area contributed by atoms with Gasteiger partial charge >= 0.3 is 0 Å². The van der Waals surface area contributed by atoms with Crippen molar-refractivity contribution in [1.82, 2.24) is 9.03 Å². The number of hydrogen-bond donors (Lipinski definition) is 2. The number of hydrogen-bond acceptors (Lipinski definition) is 7. The number of anilines is 1. The van der Waals surface area contributed by atoms with Gasteiger partial charge in [-0.2, -0.15) is 4.31 Å². The minimum absolute atomic E-state index is 0.00295. The van der Waals surface area contributed by atoms with Crippen molar-refractivity contribution in [2.24, 2.45) is 0 Å². The molecule has 36 heavy (non-hydrogen) atoms. The highest BCUT2D eigenvalue weighted by Gasteiger charge is 2.34. The van der Waals surface area contributed by atoms with E-state index in [0.29, 0.717) is 29.8 Å². The highest BCUT2D eigenvalue weighted by atomic mass is 32.2. The number of nitrogens with one attached hydrogen (secondary N) is 2. The second-order valence-electron chi connectivity index (χ2n) is 8.59. The molecule has 0 spiro atoms. The molecule has 1 aliphatic rings. The van der Waals surface area contributed by atoms with Crippen LogP contribution in [0, 0.1) is 6.92 Å². The fourth-order valence-corrected chi connectivity index (χ4v) is 6.66. The highest BCUT2D eigenvalue weighted by molar-refractivity contribution is 7.89. The summed E-state index contributed by atoms with van der Waals surface area (Å²) in [4.78, 5) is 13.1. The Morgan fingerprint density at radius 2 is 1.58 bits per heavy atom. The van der Waals surface area contributed by atoms with Gasteiger partial charge in [0.15, 0.2) is 11.5 Å². The summed E-state index contributed by atoms with van der Waals surface area (Å²) in [5.74, 6) is 0.0989. The summed E-state index contributed by atoms with van der Waals surface area (Å²) < 4.78 is 65.8. The van der Waals surface area contributed by atoms with Crippen molar-refractivity contribution >= 4 is 31.6 Å². The molecule has 1 fully saturated rings. The van der Waals surface area contributed by atoms with Gasteiger partial charge < -0.3 is 14.8 Å². The van der Waals surface area contributed by atoms with Crippen LogP contribution in [0.1, 0.15) is 37.7 Å². The van der Waals surface area contributed by atoms with Crippen LogP contribution in [0.15, 0.2) is 46.2 Å². The van der Waals surface area contributed by atoms with Crippen LogP contribution in [0.5, 0.6) is 11.5 Å². The number of amides is 1. The zero-order valence-electron chi connectivity index (χ0n) is 20.9. The van der Waals surface area contributed by atoms with E-state index in [4.69, 9.17) is 9.47 Å². The SMILES string of the molecule is CNS(=O)(=O)c1ccc(C)c(NC(=O)CN(C2CCCCC2)S(=O)(=O)c2ccc(OC)c(OC)c2)c1. The summed E-state index contributed by atoms with van der Waals surface area (Å²) >= 11 is 0. The molecule has 10 nitrogen and oxygen atoms in total. The molecule has 2 aromatic rings. The Hall–Kier alpha value is -2.67. The molecule has 3 rings (SSSR count). The van der Waals surface area contributed by atoms with Crippen molar-refractivity contribution in [3.8, 4) is 11.5 Å². The summed E-state index contributed by atoms with van der Waals surface area (Å²) in [6.07, 6.45) is 4.04. The van der Waals surface area contributed by atoms with E-state index >= 15 is 0 Å². The first kappa shape index (κ1) is 27.9. The van der Waals surface area contributed by atoms with Crippen molar-refractivity contribution in [2.45, 2.75) is 54.9 Å². The molecule has 1 saturated carbocycles. The van der Waals surface area contributed by atoms with Gasteiger partial charge in [-0.25, -0.2) is 21.6 Å². The van der Waals surface area contributed by atoms with E-state index in [1.165, 1.54) is 55.9 Å². The minimum Gasteiger partial charge on any atom is -0.493 e. The van der Waals surface area contributed by atoms with Crippen LogP contribution in [-0.2, 0) is 24.8 Å². The standard InChI is InChI=1S/C24H33N3O7S2/c1-17-10-11-19(35(29,30)25-2)14-21(17)26-24(28)16-27(18-8-6-5-7-9-18)36(31,32)20-12-13-22(33-3)23(15-20)34-4/h10-15,18,25H,5-9,16H2,1-4H3,(H,26,28). The van der Waals surface area contributed by atoms with Gasteiger partial charge in [0.1, 0.15) is 0 Å². The first-order valence-electron chi connectivity index (χ1n) is 11.6. The van der Waals surface area contributed by atoms with Gasteiger partial charge in [0, 0.05) is 17.8 Å². The van der Waals surface area contributed by atoms with E-state index in [0.717, 1.165) is 19.3 Å². The predicted molar refractivity (Wildman–Crippen MR) is 136 cm³/mol. The van der Waals surface area contributed by atoms with Crippen molar-refractivity contribution in [2.75, 3.05) is 33.1 Å². The lowest BCUT2D eigenvalue weighted by atomic mass is 9.95. The molecule has 12 heteroatoms. The average molecular weight is 540 g/mol. The van der Waals surface area contributed by atoms with Crippen molar-refractivity contribution in [3.63, 3.8) is 0 Å². The summed E-state index contributed by atoms with van der Waals surface area (Å²) in [6.45, 7) is 1.31. The lowest BCUT2D eigenvalue weighted by Gasteiger charge is -2.33. The van der Waals surface area contributed by atoms with Crippen LogP contribution in [0.25, 0.3) is 0 Å². The molecule has 0 radical (unpaired) electrons. The van der Waals surface area contributed by atoms with E-state index in [1.807, 2.05) is 0 Å². The minimum atomic E-state index is -4.06. The summed E-state index contributed by atoms with van der Waals surface area (Å²) in [7, 11) is -3.59. The van der Waals surface area contributed by atoms with Gasteiger partial charge in [-0.1, -0.05) is 25.3 Å². The second kappa shape index (κ2) is 11.6. The molecule has 0 heterocycles. The fourth-order valence-electron chi connectivity index (χ4n) is 4.24. The molecule has 1 amide bonds. The van der Waals surface area contributed by atoms with E-state index in [9.17, 15) is 21.6 Å². The van der Waals surface area contributed by atoms with Crippen molar-refractivity contribution in [1.29, 1.82) is 0 Å². The maximum atomic E-state index is 13.7. The van der Waals surface area contributed by atoms with Crippen LogP contribution >= 0.6 is 0 Å². The van der Waals surface area contributed by atoms with Gasteiger partial charge in [-0.15, -0.1) is 0 Å². The van der Waals surface area contributed by atoms with Crippen LogP contribution in [-0.4, -0.2) is 60.9 Å². The zero-order valence-corrected chi connectivity index (χ0v) is 22.5. The Balaban J connectivity index is 1.93. The Kier molecular flexibility index (Phi) is 8.98. The second-order valence-corrected chi connectivity index (χ2v) is 12.4. The molecule has 2 N–H and O–H groups in total. The van der Waals surface area contributed by atoms with E-state index in [2.05, 4.69) is 10.0 Å². The fraction of sp³-hybridized carbons (Fsp3) is 0.458. The molecule has 0 bridgehead atoms. The Labute approximate surface area is 213 Å². The topological polar surface area (TPSA) is 131 Å². The predicted octanol–water partition coefficient (Wildman–Crippen LogP) is 2.88. The normalized spacial score (nSPS) is 15.0. The van der Waals surface area contributed by atoms with Crippen LogP contribution < -0.4 is 19.5 Å². The molecule has 2 aromatic carbocycles. The molecule has 0 aromatic heterocycles. The molecule has 1 aliphatic carbocycles. The summed E-state index contributed by atoms with van der Waals surface area (Å²) in [5, 5.41) is 2.70. The molecule has 198 valence electrons. The average Bonchev–Trinajstić information content (AvgIpc) is 2.88. The number of benzene rings is 2. The maximum Gasteiger partial charge on any atom is 0.243 e. The third-order valence-corrected chi connectivity index (χ3v) is 9.61. The number of ether oxygens (including phenoxy) is 2. The lowest BCUT2D eigenvalue weighted by molar-refractivity contribution is -0.116. The van der Waals surface area contributed by atoms with E-state index in [1.54, 1.807) is 13.0 Å². The highest BCUT2D eigenvalue weighted by Crippen LogP contribution is 2.33. The summed E-state index contributed by atoms with van der Waals surface area (Å²) in [6, 6.07) is 8.37. The molecule has 0 unspecified atom stereocenters. The van der Waals surface area contributed by atoms with Crippen molar-refractivity contribution in [3.05, 3.63) is 42.0 Å². The molecular weight excluding hydrogens is 506 g/mol. The Morgan fingerprint density at radius 1 is 0.944 bits per heavy atom. The number of aryl methyl sites for hydroxylation is 1. The molecule has 0 aliphatic heterocycles. The van der Waals surface area contributed by atoms with Gasteiger partial charge in [0.25, 0.3) is 0 Å². The van der Waals surface area contributed by atoms with Crippen LogP contribution in [0.2, 0.25) is 0 Å². The summed E-state index contributed by atoms with van der Waals surface area (Å²) in [5.41, 5.74) is 0.939. The van der Waals surface area contributed by atoms with E-state index in [-0.39, 0.29) is 21.6 Å². The van der Waals surface area contributed by atoms with Gasteiger partial charge in [0.2, 0.25) is 26.0 Å². The first-order chi connectivity index (χ1) is 17.0. The lowest BCUT2D eigenvalue weighted by Crippen LogP contribution is -2.45. The molecule has 0 atom stereocenters. The van der Waals surface area contributed by atoms with Gasteiger partial charge in [0.05, 0.1) is 30.6 Å². The largest absolute Gasteiger partial charge is 0.493 e. The smallest absolute Gasteiger partial charge is 0.243 e. The Bertz CT molecular complexity index is 1300. The molecular formula is C24H33N3O7S2. The monoisotopic (exact) mass is 539 g/mol. The van der Waals surface area contributed by atoms with Crippen molar-refractivity contribution < 1.29 is 31.1 Å². The Morgan fingerprint density at radius 3 is 2.19 bits per heavy atom. The number of rotatable bonds is 10. The number of carbonyl (C=O) groups is 1. The molecule has 0 saturated heterocycles. The number of methoxy groups -OCH3 is 2. The number of nitrogens with zero attached hydrogens (tertiary/aromatic N) is 1. The van der Waals surface area contributed by atoms with Crippen LogP contribution in [0.4, 0.5) is 5.69 Å². The third kappa shape index (κ3) is 6.17. The van der Waals surface area contributed by atoms with Gasteiger partial charge in [-0.05, 0) is 56.6 Å². The third-order valence-electron chi connectivity index (χ3n) is 6.31. The van der Waals surface area contributed by atoms with Gasteiger partial charge in [-0.3, -0.25) is 4.79 Å². The number of carbonyl (C=O) groups excluding carboxylic acids is 1. The first-order valence-corrected chi connectivity index (χ1v) is 14.5.